The molecule has 1 heterocycles. The molecule has 1 N–H and O–H groups in total. The second kappa shape index (κ2) is 9.47. The van der Waals surface area contributed by atoms with Gasteiger partial charge in [0.05, 0.1) is 25.9 Å². The first kappa shape index (κ1) is 21.4. The third-order valence-corrected chi connectivity index (χ3v) is 6.15. The van der Waals surface area contributed by atoms with Gasteiger partial charge in [0, 0.05) is 38.4 Å². The predicted octanol–water partition coefficient (Wildman–Crippen LogP) is 3.41. The Bertz CT molecular complexity index is 596. The summed E-state index contributed by atoms with van der Waals surface area (Å²) in [6.07, 6.45) is 3.38. The fraction of sp³-hybridized carbons (Fsp3) is 0.739. The first-order valence-corrected chi connectivity index (χ1v) is 10.8. The van der Waals surface area contributed by atoms with Gasteiger partial charge in [-0.25, -0.2) is 0 Å². The van der Waals surface area contributed by atoms with Crippen LogP contribution >= 0.6 is 0 Å². The molecule has 0 bridgehead atoms. The van der Waals surface area contributed by atoms with Crippen LogP contribution in [0.1, 0.15) is 40.0 Å². The van der Waals surface area contributed by atoms with Crippen molar-refractivity contribution in [1.82, 2.24) is 4.90 Å². The lowest BCUT2D eigenvalue weighted by molar-refractivity contribution is -0.0615. The average Bonchev–Trinajstić information content (AvgIpc) is 2.66. The third-order valence-electron chi connectivity index (χ3n) is 6.15. The van der Waals surface area contributed by atoms with Gasteiger partial charge in [0.1, 0.15) is 5.75 Å². The van der Waals surface area contributed by atoms with E-state index in [9.17, 15) is 5.11 Å². The Morgan fingerprint density at radius 3 is 2.39 bits per heavy atom. The number of β-amino-alcohol motifs (C(OH)–C–C–N with tert-alkyl or cyclic N) is 1. The van der Waals surface area contributed by atoms with Crippen LogP contribution < -0.4 is 9.64 Å². The summed E-state index contributed by atoms with van der Waals surface area (Å²) in [6, 6.07) is 8.25. The van der Waals surface area contributed by atoms with Crippen LogP contribution in [0.2, 0.25) is 0 Å². The van der Waals surface area contributed by atoms with Crippen LogP contribution in [0, 0.1) is 11.3 Å². The maximum Gasteiger partial charge on any atom is 0.119 e. The van der Waals surface area contributed by atoms with E-state index in [-0.39, 0.29) is 0 Å². The Balaban J connectivity index is 1.38. The van der Waals surface area contributed by atoms with E-state index in [2.05, 4.69) is 42.7 Å². The molecule has 2 fully saturated rings. The summed E-state index contributed by atoms with van der Waals surface area (Å²) < 4.78 is 11.3. The number of benzene rings is 1. The van der Waals surface area contributed by atoms with Gasteiger partial charge in [-0.1, -0.05) is 20.8 Å². The van der Waals surface area contributed by atoms with Crippen LogP contribution in [-0.2, 0) is 4.74 Å². The Hall–Kier alpha value is -1.30. The van der Waals surface area contributed by atoms with Crippen molar-refractivity contribution < 1.29 is 14.6 Å². The van der Waals surface area contributed by atoms with Crippen LogP contribution in [-0.4, -0.2) is 68.7 Å². The molecule has 1 aromatic carbocycles. The molecule has 0 unspecified atom stereocenters. The Morgan fingerprint density at radius 1 is 1.11 bits per heavy atom. The van der Waals surface area contributed by atoms with Crippen molar-refractivity contribution >= 4 is 5.69 Å². The number of nitrogens with zero attached hydrogens (tertiary/aromatic N) is 2. The van der Waals surface area contributed by atoms with Gasteiger partial charge in [0.15, 0.2) is 0 Å². The van der Waals surface area contributed by atoms with E-state index in [1.165, 1.54) is 12.1 Å². The maximum absolute atomic E-state index is 10.5. The van der Waals surface area contributed by atoms with Crippen molar-refractivity contribution in [2.24, 2.45) is 11.3 Å². The van der Waals surface area contributed by atoms with Gasteiger partial charge < -0.3 is 19.5 Å². The average molecular weight is 391 g/mol. The highest BCUT2D eigenvalue weighted by molar-refractivity contribution is 5.49. The van der Waals surface area contributed by atoms with Gasteiger partial charge in [0.25, 0.3) is 0 Å². The zero-order chi connectivity index (χ0) is 20.1. The molecule has 1 aliphatic carbocycles. The molecular formula is C23H38N2O3. The lowest BCUT2D eigenvalue weighted by atomic mass is 9.71. The van der Waals surface area contributed by atoms with E-state index in [0.717, 1.165) is 44.8 Å². The highest BCUT2D eigenvalue weighted by Crippen LogP contribution is 2.39. The van der Waals surface area contributed by atoms with Crippen LogP contribution in [0.4, 0.5) is 5.69 Å². The first-order valence-electron chi connectivity index (χ1n) is 10.8. The minimum atomic E-state index is -0.409. The van der Waals surface area contributed by atoms with Crippen molar-refractivity contribution in [2.75, 3.05) is 51.3 Å². The molecule has 1 aliphatic heterocycles. The minimum Gasteiger partial charge on any atom is -0.497 e. The number of methoxy groups -OCH3 is 1. The number of hydrogen-bond donors (Lipinski definition) is 1. The number of hydrogen-bond acceptors (Lipinski definition) is 5. The van der Waals surface area contributed by atoms with Crippen LogP contribution in [0.3, 0.4) is 0 Å². The second-order valence-electron chi connectivity index (χ2n) is 9.51. The fourth-order valence-electron chi connectivity index (χ4n) is 4.96. The normalized spacial score (nSPS) is 26.8. The summed E-state index contributed by atoms with van der Waals surface area (Å²) in [5.74, 6) is 1.60. The standard InChI is InChI=1S/C23H38N2O3/c1-18-13-22(15-23(2,3)14-18)28-17-20(26)16-24-9-11-25(12-10-24)19-5-7-21(27-4)8-6-19/h5-8,18,20,22,26H,9-17H2,1-4H3/t18-,20-,22-/m0/s1. The number of anilines is 1. The monoisotopic (exact) mass is 390 g/mol. The van der Waals surface area contributed by atoms with Gasteiger partial charge in [0.2, 0.25) is 0 Å². The molecule has 0 aromatic heterocycles. The van der Waals surface area contributed by atoms with Gasteiger partial charge in [-0.05, 0) is 54.9 Å². The molecule has 2 aliphatic rings. The van der Waals surface area contributed by atoms with Crippen LogP contribution in [0.15, 0.2) is 24.3 Å². The topological polar surface area (TPSA) is 45.2 Å². The number of aliphatic hydroxyl groups is 1. The number of piperazine rings is 1. The van der Waals surface area contributed by atoms with Gasteiger partial charge >= 0.3 is 0 Å². The van der Waals surface area contributed by atoms with E-state index >= 15 is 0 Å². The zero-order valence-electron chi connectivity index (χ0n) is 18.1. The largest absolute Gasteiger partial charge is 0.497 e. The summed E-state index contributed by atoms with van der Waals surface area (Å²) >= 11 is 0. The van der Waals surface area contributed by atoms with E-state index < -0.39 is 6.10 Å². The molecule has 1 saturated carbocycles. The summed E-state index contributed by atoms with van der Waals surface area (Å²) in [4.78, 5) is 4.74. The molecule has 0 spiro atoms. The van der Waals surface area contributed by atoms with E-state index in [0.29, 0.717) is 30.6 Å². The molecule has 5 nitrogen and oxygen atoms in total. The van der Waals surface area contributed by atoms with Gasteiger partial charge in [-0.2, -0.15) is 0 Å². The first-order chi connectivity index (χ1) is 13.3. The summed E-state index contributed by atoms with van der Waals surface area (Å²) in [7, 11) is 1.69. The predicted molar refractivity (Wildman–Crippen MR) is 114 cm³/mol. The van der Waals surface area contributed by atoms with E-state index in [1.54, 1.807) is 7.11 Å². The fourth-order valence-corrected chi connectivity index (χ4v) is 4.96. The highest BCUT2D eigenvalue weighted by Gasteiger charge is 2.32. The number of rotatable bonds is 7. The summed E-state index contributed by atoms with van der Waals surface area (Å²) in [6.45, 7) is 12.0. The SMILES string of the molecule is COc1ccc(N2CCN(C[C@H](O)CO[C@H]3C[C@H](C)CC(C)(C)C3)CC2)cc1. The van der Waals surface area contributed by atoms with Crippen molar-refractivity contribution in [3.63, 3.8) is 0 Å². The Morgan fingerprint density at radius 2 is 1.79 bits per heavy atom. The molecule has 0 amide bonds. The molecule has 1 saturated heterocycles. The quantitative estimate of drug-likeness (QED) is 0.773. The minimum absolute atomic E-state index is 0.292. The van der Waals surface area contributed by atoms with Crippen LogP contribution in [0.25, 0.3) is 0 Å². The summed E-state index contributed by atoms with van der Waals surface area (Å²) in [5, 5.41) is 10.5. The Labute approximate surface area is 170 Å². The summed E-state index contributed by atoms with van der Waals surface area (Å²) in [5.41, 5.74) is 1.59. The molecule has 158 valence electrons. The third kappa shape index (κ3) is 6.10. The molecule has 5 heteroatoms. The number of ether oxygens (including phenoxy) is 2. The Kier molecular flexibility index (Phi) is 7.24. The maximum atomic E-state index is 10.5. The lowest BCUT2D eigenvalue weighted by Gasteiger charge is -2.39. The van der Waals surface area contributed by atoms with Crippen molar-refractivity contribution in [1.29, 1.82) is 0 Å². The lowest BCUT2D eigenvalue weighted by Crippen LogP contribution is -2.49. The smallest absolute Gasteiger partial charge is 0.119 e. The zero-order valence-corrected chi connectivity index (χ0v) is 18.1. The van der Waals surface area contributed by atoms with Gasteiger partial charge in [-0.15, -0.1) is 0 Å². The van der Waals surface area contributed by atoms with E-state index in [1.807, 2.05) is 12.1 Å². The number of aliphatic hydroxyl groups excluding tert-OH is 1. The van der Waals surface area contributed by atoms with Crippen LogP contribution in [0.5, 0.6) is 5.75 Å². The van der Waals surface area contributed by atoms with Gasteiger partial charge in [-0.3, -0.25) is 4.90 Å². The molecule has 3 rings (SSSR count). The molecular weight excluding hydrogens is 352 g/mol. The van der Waals surface area contributed by atoms with E-state index in [4.69, 9.17) is 9.47 Å². The molecule has 3 atom stereocenters. The van der Waals surface area contributed by atoms with Crippen molar-refractivity contribution in [2.45, 2.75) is 52.2 Å². The van der Waals surface area contributed by atoms with Crippen molar-refractivity contribution in [3.8, 4) is 5.75 Å². The highest BCUT2D eigenvalue weighted by atomic mass is 16.5. The van der Waals surface area contributed by atoms with Crippen molar-refractivity contribution in [3.05, 3.63) is 24.3 Å². The molecule has 0 radical (unpaired) electrons. The molecule has 1 aromatic rings. The molecule has 28 heavy (non-hydrogen) atoms. The second-order valence-corrected chi connectivity index (χ2v) is 9.51.